The highest BCUT2D eigenvalue weighted by molar-refractivity contribution is 7.86. The van der Waals surface area contributed by atoms with E-state index in [9.17, 15) is 8.42 Å². The molecule has 0 aromatic heterocycles. The van der Waals surface area contributed by atoms with E-state index in [1.165, 1.54) is 4.31 Å². The van der Waals surface area contributed by atoms with Gasteiger partial charge >= 0.3 is 0 Å². The van der Waals surface area contributed by atoms with Crippen molar-refractivity contribution in [3.63, 3.8) is 0 Å². The van der Waals surface area contributed by atoms with Gasteiger partial charge in [0.25, 0.3) is 10.2 Å². The zero-order chi connectivity index (χ0) is 16.0. The van der Waals surface area contributed by atoms with Crippen LogP contribution in [0.3, 0.4) is 0 Å². The van der Waals surface area contributed by atoms with Crippen molar-refractivity contribution in [2.24, 2.45) is 0 Å². The Morgan fingerprint density at radius 3 is 2.24 bits per heavy atom. The van der Waals surface area contributed by atoms with Crippen LogP contribution in [0.4, 0.5) is 0 Å². The molecule has 0 amide bonds. The minimum absolute atomic E-state index is 0.442. The maximum atomic E-state index is 12.5. The van der Waals surface area contributed by atoms with Crippen molar-refractivity contribution >= 4 is 10.2 Å². The maximum Gasteiger partial charge on any atom is 0.281 e. The van der Waals surface area contributed by atoms with E-state index in [4.69, 9.17) is 0 Å². The summed E-state index contributed by atoms with van der Waals surface area (Å²) in [5.74, 6) is 0. The Kier molecular flexibility index (Phi) is 7.56. The molecule has 1 fully saturated rings. The monoisotopic (exact) mass is 320 g/mol. The Hall–Kier alpha value is -0.210. The van der Waals surface area contributed by atoms with Crippen LogP contribution in [0.1, 0.15) is 33.1 Å². The van der Waals surface area contributed by atoms with Gasteiger partial charge in [0.05, 0.1) is 0 Å². The summed E-state index contributed by atoms with van der Waals surface area (Å²) >= 11 is 0. The van der Waals surface area contributed by atoms with Crippen molar-refractivity contribution in [3.8, 4) is 0 Å². The van der Waals surface area contributed by atoms with Crippen LogP contribution >= 0.6 is 0 Å². The van der Waals surface area contributed by atoms with Gasteiger partial charge < -0.3 is 10.2 Å². The average Bonchev–Trinajstić information content (AvgIpc) is 2.43. The Labute approximate surface area is 130 Å². The molecule has 21 heavy (non-hydrogen) atoms. The lowest BCUT2D eigenvalue weighted by atomic mass is 10.1. The standard InChI is InChI=1S/C14H32N4O2S/c1-13(2)15-9-6-10-17(5)21(19,20)18-11-7-14(8-12-18)16(3)4/h13-15H,6-12H2,1-5H3. The van der Waals surface area contributed by atoms with Crippen LogP contribution in [-0.4, -0.2) is 81.3 Å². The molecule has 1 aliphatic heterocycles. The third-order valence-electron chi connectivity index (χ3n) is 4.08. The molecule has 0 unspecified atom stereocenters. The summed E-state index contributed by atoms with van der Waals surface area (Å²) < 4.78 is 28.1. The zero-order valence-corrected chi connectivity index (χ0v) is 15.0. The van der Waals surface area contributed by atoms with Crippen LogP contribution in [0.25, 0.3) is 0 Å². The van der Waals surface area contributed by atoms with Crippen LogP contribution in [0.2, 0.25) is 0 Å². The fourth-order valence-corrected chi connectivity index (χ4v) is 4.02. The molecule has 0 aliphatic carbocycles. The van der Waals surface area contributed by atoms with E-state index >= 15 is 0 Å². The normalized spacial score (nSPS) is 19.0. The van der Waals surface area contributed by atoms with Gasteiger partial charge in [0.2, 0.25) is 0 Å². The van der Waals surface area contributed by atoms with Gasteiger partial charge in [0, 0.05) is 38.8 Å². The van der Waals surface area contributed by atoms with Crippen molar-refractivity contribution in [1.29, 1.82) is 0 Å². The molecule has 0 bridgehead atoms. The first-order valence-electron chi connectivity index (χ1n) is 7.86. The fourth-order valence-electron chi connectivity index (χ4n) is 2.59. The van der Waals surface area contributed by atoms with Gasteiger partial charge in [-0.25, -0.2) is 0 Å². The first-order valence-corrected chi connectivity index (χ1v) is 9.26. The summed E-state index contributed by atoms with van der Waals surface area (Å²) in [5.41, 5.74) is 0. The Balaban J connectivity index is 2.42. The van der Waals surface area contributed by atoms with Gasteiger partial charge in [-0.3, -0.25) is 0 Å². The molecule has 1 saturated heterocycles. The second-order valence-electron chi connectivity index (χ2n) is 6.39. The van der Waals surface area contributed by atoms with Crippen molar-refractivity contribution in [1.82, 2.24) is 18.8 Å². The molecule has 0 radical (unpaired) electrons. The number of nitrogens with zero attached hydrogens (tertiary/aromatic N) is 3. The number of piperidine rings is 1. The SMILES string of the molecule is CC(C)NCCCN(C)S(=O)(=O)N1CCC(N(C)C)CC1. The molecule has 1 N–H and O–H groups in total. The molecule has 1 heterocycles. The lowest BCUT2D eigenvalue weighted by molar-refractivity contribution is 0.191. The molecular formula is C14H32N4O2S. The maximum absolute atomic E-state index is 12.5. The summed E-state index contributed by atoms with van der Waals surface area (Å²) in [6.45, 7) is 6.85. The van der Waals surface area contributed by atoms with Gasteiger partial charge in [0.15, 0.2) is 0 Å². The summed E-state index contributed by atoms with van der Waals surface area (Å²) in [6, 6.07) is 0.939. The molecule has 1 rings (SSSR count). The van der Waals surface area contributed by atoms with Crippen LogP contribution in [0, 0.1) is 0 Å². The van der Waals surface area contributed by atoms with Crippen LogP contribution in [0.15, 0.2) is 0 Å². The summed E-state index contributed by atoms with van der Waals surface area (Å²) in [6.07, 6.45) is 2.66. The van der Waals surface area contributed by atoms with E-state index in [0.29, 0.717) is 31.7 Å². The molecule has 0 aromatic rings. The molecule has 0 atom stereocenters. The van der Waals surface area contributed by atoms with E-state index in [0.717, 1.165) is 25.8 Å². The molecule has 0 aromatic carbocycles. The second-order valence-corrected chi connectivity index (χ2v) is 8.42. The van der Waals surface area contributed by atoms with Crippen molar-refractivity contribution in [3.05, 3.63) is 0 Å². The summed E-state index contributed by atoms with van der Waals surface area (Å²) in [4.78, 5) is 2.19. The predicted octanol–water partition coefficient (Wildman–Crippen LogP) is 0.577. The lowest BCUT2D eigenvalue weighted by Crippen LogP contribution is -2.49. The molecule has 6 nitrogen and oxygen atoms in total. The fraction of sp³-hybridized carbons (Fsp3) is 1.00. The molecular weight excluding hydrogens is 288 g/mol. The third kappa shape index (κ3) is 5.83. The average molecular weight is 321 g/mol. The second kappa shape index (κ2) is 8.43. The summed E-state index contributed by atoms with van der Waals surface area (Å²) in [7, 11) is 2.51. The molecule has 1 aliphatic rings. The first kappa shape index (κ1) is 18.8. The Morgan fingerprint density at radius 1 is 1.19 bits per heavy atom. The van der Waals surface area contributed by atoms with E-state index in [-0.39, 0.29) is 0 Å². The summed E-state index contributed by atoms with van der Waals surface area (Å²) in [5, 5.41) is 3.31. The van der Waals surface area contributed by atoms with Crippen LogP contribution < -0.4 is 5.32 Å². The number of hydrogen-bond donors (Lipinski definition) is 1. The van der Waals surface area contributed by atoms with Crippen molar-refractivity contribution in [2.75, 3.05) is 47.3 Å². The van der Waals surface area contributed by atoms with Gasteiger partial charge in [-0.05, 0) is 39.9 Å². The van der Waals surface area contributed by atoms with E-state index in [1.54, 1.807) is 11.4 Å². The predicted molar refractivity (Wildman–Crippen MR) is 87.6 cm³/mol. The lowest BCUT2D eigenvalue weighted by Gasteiger charge is -2.36. The Bertz CT molecular complexity index is 390. The van der Waals surface area contributed by atoms with Gasteiger partial charge in [-0.1, -0.05) is 13.8 Å². The molecule has 7 heteroatoms. The van der Waals surface area contributed by atoms with Crippen LogP contribution in [-0.2, 0) is 10.2 Å². The highest BCUT2D eigenvalue weighted by Gasteiger charge is 2.31. The van der Waals surface area contributed by atoms with Crippen molar-refractivity contribution < 1.29 is 8.42 Å². The van der Waals surface area contributed by atoms with E-state index < -0.39 is 10.2 Å². The van der Waals surface area contributed by atoms with Crippen molar-refractivity contribution in [2.45, 2.75) is 45.2 Å². The van der Waals surface area contributed by atoms with E-state index in [2.05, 4.69) is 38.2 Å². The Morgan fingerprint density at radius 2 is 1.76 bits per heavy atom. The minimum atomic E-state index is -3.29. The van der Waals surface area contributed by atoms with Gasteiger partial charge in [-0.15, -0.1) is 0 Å². The minimum Gasteiger partial charge on any atom is -0.314 e. The highest BCUT2D eigenvalue weighted by atomic mass is 32.2. The highest BCUT2D eigenvalue weighted by Crippen LogP contribution is 2.18. The van der Waals surface area contributed by atoms with Crippen LogP contribution in [0.5, 0.6) is 0 Å². The third-order valence-corrected chi connectivity index (χ3v) is 6.06. The quantitative estimate of drug-likeness (QED) is 0.665. The molecule has 0 saturated carbocycles. The smallest absolute Gasteiger partial charge is 0.281 e. The number of hydrogen-bond acceptors (Lipinski definition) is 4. The zero-order valence-electron chi connectivity index (χ0n) is 14.2. The van der Waals surface area contributed by atoms with E-state index in [1.807, 2.05) is 0 Å². The molecule has 126 valence electrons. The largest absolute Gasteiger partial charge is 0.314 e. The number of nitrogens with one attached hydrogen (secondary N) is 1. The topological polar surface area (TPSA) is 55.9 Å². The molecule has 0 spiro atoms. The first-order chi connectivity index (χ1) is 9.75. The van der Waals surface area contributed by atoms with Gasteiger partial charge in [0.1, 0.15) is 0 Å². The van der Waals surface area contributed by atoms with Gasteiger partial charge in [-0.2, -0.15) is 17.0 Å². The number of rotatable bonds is 8.